The van der Waals surface area contributed by atoms with Gasteiger partial charge in [0.1, 0.15) is 0 Å². The predicted molar refractivity (Wildman–Crippen MR) is 84.4 cm³/mol. The standard InChI is InChI=1S/C16H12BrNO3/c17-12-3-5-13(6-4-12)18-16(19)8-2-11-1-7-14-15(9-11)21-10-20-14/h1-9H,10H2,(H,18,19)/b8-2+. The lowest BCUT2D eigenvalue weighted by Crippen LogP contribution is -2.07. The summed E-state index contributed by atoms with van der Waals surface area (Å²) in [6.45, 7) is 0.243. The number of benzene rings is 2. The highest BCUT2D eigenvalue weighted by Gasteiger charge is 2.12. The maximum absolute atomic E-state index is 11.8. The van der Waals surface area contributed by atoms with E-state index in [1.165, 1.54) is 6.08 Å². The van der Waals surface area contributed by atoms with Crippen LogP contribution in [0.2, 0.25) is 0 Å². The minimum absolute atomic E-state index is 0.185. The summed E-state index contributed by atoms with van der Waals surface area (Å²) < 4.78 is 11.5. The van der Waals surface area contributed by atoms with Crippen molar-refractivity contribution in [2.45, 2.75) is 0 Å². The second-order valence-corrected chi connectivity index (χ2v) is 5.36. The molecule has 0 fully saturated rings. The van der Waals surface area contributed by atoms with Gasteiger partial charge in [-0.05, 0) is 48.0 Å². The molecule has 2 aromatic rings. The Kier molecular flexibility index (Phi) is 3.92. The molecule has 21 heavy (non-hydrogen) atoms. The van der Waals surface area contributed by atoms with Gasteiger partial charge in [0.2, 0.25) is 12.7 Å². The first-order valence-electron chi connectivity index (χ1n) is 6.35. The molecular weight excluding hydrogens is 334 g/mol. The summed E-state index contributed by atoms with van der Waals surface area (Å²) in [6.07, 6.45) is 3.22. The fourth-order valence-electron chi connectivity index (χ4n) is 1.91. The Labute approximate surface area is 130 Å². The van der Waals surface area contributed by atoms with Crippen LogP contribution in [0.1, 0.15) is 5.56 Å². The molecule has 1 aliphatic rings. The number of ether oxygens (including phenoxy) is 2. The second kappa shape index (κ2) is 6.01. The number of rotatable bonds is 3. The first-order chi connectivity index (χ1) is 10.2. The molecule has 2 aromatic carbocycles. The zero-order valence-corrected chi connectivity index (χ0v) is 12.6. The zero-order valence-electron chi connectivity index (χ0n) is 11.0. The Bertz CT molecular complexity index is 695. The third kappa shape index (κ3) is 3.44. The van der Waals surface area contributed by atoms with E-state index in [2.05, 4.69) is 21.2 Å². The van der Waals surface area contributed by atoms with E-state index in [0.717, 1.165) is 21.5 Å². The third-order valence-corrected chi connectivity index (χ3v) is 3.46. The fourth-order valence-corrected chi connectivity index (χ4v) is 2.17. The van der Waals surface area contributed by atoms with Crippen LogP contribution >= 0.6 is 15.9 Å². The van der Waals surface area contributed by atoms with E-state index in [-0.39, 0.29) is 12.7 Å². The summed E-state index contributed by atoms with van der Waals surface area (Å²) >= 11 is 3.35. The topological polar surface area (TPSA) is 47.6 Å². The number of hydrogen-bond donors (Lipinski definition) is 1. The van der Waals surface area contributed by atoms with E-state index in [0.29, 0.717) is 5.75 Å². The maximum Gasteiger partial charge on any atom is 0.248 e. The molecule has 0 spiro atoms. The molecule has 0 atom stereocenters. The van der Waals surface area contributed by atoms with Crippen LogP contribution in [-0.2, 0) is 4.79 Å². The molecule has 106 valence electrons. The normalized spacial score (nSPS) is 12.6. The van der Waals surface area contributed by atoms with Gasteiger partial charge in [-0.15, -0.1) is 0 Å². The third-order valence-electron chi connectivity index (χ3n) is 2.94. The monoisotopic (exact) mass is 345 g/mol. The molecule has 0 saturated heterocycles. The lowest BCUT2D eigenvalue weighted by molar-refractivity contribution is -0.111. The van der Waals surface area contributed by atoms with Crippen LogP contribution < -0.4 is 14.8 Å². The largest absolute Gasteiger partial charge is 0.454 e. The van der Waals surface area contributed by atoms with Crippen molar-refractivity contribution in [2.24, 2.45) is 0 Å². The summed E-state index contributed by atoms with van der Waals surface area (Å²) in [7, 11) is 0. The van der Waals surface area contributed by atoms with Crippen LogP contribution in [0.4, 0.5) is 5.69 Å². The number of amides is 1. The molecule has 3 rings (SSSR count). The van der Waals surface area contributed by atoms with Crippen LogP contribution in [0.5, 0.6) is 11.5 Å². The Morgan fingerprint density at radius 2 is 1.86 bits per heavy atom. The van der Waals surface area contributed by atoms with Gasteiger partial charge in [0.15, 0.2) is 11.5 Å². The van der Waals surface area contributed by atoms with Crippen LogP contribution in [-0.4, -0.2) is 12.7 Å². The highest BCUT2D eigenvalue weighted by molar-refractivity contribution is 9.10. The molecule has 4 nitrogen and oxygen atoms in total. The average molecular weight is 346 g/mol. The molecule has 0 aliphatic carbocycles. The van der Waals surface area contributed by atoms with E-state index in [1.54, 1.807) is 6.08 Å². The number of hydrogen-bond acceptors (Lipinski definition) is 3. The predicted octanol–water partition coefficient (Wildman–Crippen LogP) is 3.83. The molecule has 0 bridgehead atoms. The Morgan fingerprint density at radius 3 is 2.67 bits per heavy atom. The van der Waals surface area contributed by atoms with Crippen LogP contribution in [0.3, 0.4) is 0 Å². The molecule has 1 N–H and O–H groups in total. The van der Waals surface area contributed by atoms with Gasteiger partial charge in [0.25, 0.3) is 0 Å². The first-order valence-corrected chi connectivity index (χ1v) is 7.14. The van der Waals surface area contributed by atoms with E-state index in [4.69, 9.17) is 9.47 Å². The van der Waals surface area contributed by atoms with Gasteiger partial charge in [-0.2, -0.15) is 0 Å². The minimum atomic E-state index is -0.185. The second-order valence-electron chi connectivity index (χ2n) is 4.44. The molecule has 1 amide bonds. The van der Waals surface area contributed by atoms with Gasteiger partial charge in [-0.1, -0.05) is 22.0 Å². The Hall–Kier alpha value is -2.27. The van der Waals surface area contributed by atoms with Gasteiger partial charge in [0, 0.05) is 16.2 Å². The SMILES string of the molecule is O=C(/C=C/c1ccc2c(c1)OCO2)Nc1ccc(Br)cc1. The lowest BCUT2D eigenvalue weighted by atomic mass is 10.2. The van der Waals surface area contributed by atoms with Crippen molar-refractivity contribution in [1.82, 2.24) is 0 Å². The Balaban J connectivity index is 1.65. The molecule has 5 heteroatoms. The molecule has 0 aromatic heterocycles. The number of carbonyl (C=O) groups excluding carboxylic acids is 1. The molecule has 0 saturated carbocycles. The van der Waals surface area contributed by atoms with Crippen molar-refractivity contribution < 1.29 is 14.3 Å². The molecule has 0 radical (unpaired) electrons. The van der Waals surface area contributed by atoms with Crippen LogP contribution in [0.25, 0.3) is 6.08 Å². The first kappa shape index (κ1) is 13.7. The van der Waals surface area contributed by atoms with Crippen LogP contribution in [0, 0.1) is 0 Å². The number of carbonyl (C=O) groups is 1. The van der Waals surface area contributed by atoms with E-state index < -0.39 is 0 Å². The Morgan fingerprint density at radius 1 is 1.10 bits per heavy atom. The average Bonchev–Trinajstić information content (AvgIpc) is 2.95. The van der Waals surface area contributed by atoms with Gasteiger partial charge < -0.3 is 14.8 Å². The molecule has 1 heterocycles. The van der Waals surface area contributed by atoms with Crippen LogP contribution in [0.15, 0.2) is 53.0 Å². The van der Waals surface area contributed by atoms with Crippen molar-refractivity contribution >= 4 is 33.6 Å². The van der Waals surface area contributed by atoms with Crippen molar-refractivity contribution in [3.8, 4) is 11.5 Å². The molecule has 0 unspecified atom stereocenters. The summed E-state index contributed by atoms with van der Waals surface area (Å²) in [5, 5.41) is 2.79. The lowest BCUT2D eigenvalue weighted by Gasteiger charge is -2.02. The summed E-state index contributed by atoms with van der Waals surface area (Å²) in [6, 6.07) is 12.9. The minimum Gasteiger partial charge on any atom is -0.454 e. The number of nitrogens with one attached hydrogen (secondary N) is 1. The maximum atomic E-state index is 11.8. The summed E-state index contributed by atoms with van der Waals surface area (Å²) in [5.41, 5.74) is 1.63. The van der Waals surface area contributed by atoms with Gasteiger partial charge >= 0.3 is 0 Å². The van der Waals surface area contributed by atoms with E-state index >= 15 is 0 Å². The van der Waals surface area contributed by atoms with Crippen molar-refractivity contribution in [3.05, 3.63) is 58.6 Å². The van der Waals surface area contributed by atoms with Gasteiger partial charge in [0.05, 0.1) is 0 Å². The van der Waals surface area contributed by atoms with Gasteiger partial charge in [-0.3, -0.25) is 4.79 Å². The number of anilines is 1. The van der Waals surface area contributed by atoms with E-state index in [9.17, 15) is 4.79 Å². The summed E-state index contributed by atoms with van der Waals surface area (Å²) in [5.74, 6) is 1.24. The summed E-state index contributed by atoms with van der Waals surface area (Å²) in [4.78, 5) is 11.8. The number of halogens is 1. The quantitative estimate of drug-likeness (QED) is 0.860. The van der Waals surface area contributed by atoms with Crippen molar-refractivity contribution in [1.29, 1.82) is 0 Å². The van der Waals surface area contributed by atoms with Crippen molar-refractivity contribution in [3.63, 3.8) is 0 Å². The molecule has 1 aliphatic heterocycles. The van der Waals surface area contributed by atoms with Crippen molar-refractivity contribution in [2.75, 3.05) is 12.1 Å². The zero-order chi connectivity index (χ0) is 14.7. The highest BCUT2D eigenvalue weighted by Crippen LogP contribution is 2.32. The fraction of sp³-hybridized carbons (Fsp3) is 0.0625. The van der Waals surface area contributed by atoms with Gasteiger partial charge in [-0.25, -0.2) is 0 Å². The molecular formula is C16H12BrNO3. The van der Waals surface area contributed by atoms with E-state index in [1.807, 2.05) is 42.5 Å². The number of fused-ring (bicyclic) bond motifs is 1. The smallest absolute Gasteiger partial charge is 0.248 e. The highest BCUT2D eigenvalue weighted by atomic mass is 79.9.